The van der Waals surface area contributed by atoms with Crippen LogP contribution in [-0.2, 0) is 11.3 Å². The number of aliphatic carboxylic acids is 1. The van der Waals surface area contributed by atoms with Crippen LogP contribution in [-0.4, -0.2) is 24.2 Å². The lowest BCUT2D eigenvalue weighted by molar-refractivity contribution is -0.140. The Morgan fingerprint density at radius 2 is 2.19 bits per heavy atom. The van der Waals surface area contributed by atoms with Crippen LogP contribution in [0.3, 0.4) is 0 Å². The third-order valence-corrected chi connectivity index (χ3v) is 3.31. The van der Waals surface area contributed by atoms with E-state index in [1.165, 1.54) is 0 Å². The SMILES string of the molecule is COc1cccc2cc(CNC(CC(C)C)C(=O)O)oc12. The first-order valence-corrected chi connectivity index (χ1v) is 7.03. The van der Waals surface area contributed by atoms with Crippen LogP contribution in [0.15, 0.2) is 28.7 Å². The first-order valence-electron chi connectivity index (χ1n) is 7.03. The predicted molar refractivity (Wildman–Crippen MR) is 80.5 cm³/mol. The molecule has 1 aromatic heterocycles. The molecule has 5 heteroatoms. The maximum Gasteiger partial charge on any atom is 0.320 e. The van der Waals surface area contributed by atoms with Gasteiger partial charge < -0.3 is 14.3 Å². The molecule has 0 saturated carbocycles. The molecule has 1 heterocycles. The van der Waals surface area contributed by atoms with E-state index in [0.29, 0.717) is 36.0 Å². The largest absolute Gasteiger partial charge is 0.493 e. The molecule has 0 aliphatic heterocycles. The summed E-state index contributed by atoms with van der Waals surface area (Å²) in [4.78, 5) is 11.2. The average Bonchev–Trinajstić information content (AvgIpc) is 2.85. The molecular weight excluding hydrogens is 270 g/mol. The number of carbonyl (C=O) groups is 1. The number of hydrogen-bond acceptors (Lipinski definition) is 4. The summed E-state index contributed by atoms with van der Waals surface area (Å²) in [5.41, 5.74) is 0.688. The molecule has 0 aliphatic carbocycles. The second kappa shape index (κ2) is 6.63. The number of hydrogen-bond donors (Lipinski definition) is 2. The summed E-state index contributed by atoms with van der Waals surface area (Å²) in [6.45, 7) is 4.38. The molecule has 2 rings (SSSR count). The maximum atomic E-state index is 11.2. The predicted octanol–water partition coefficient (Wildman–Crippen LogP) is 3.03. The Bertz CT molecular complexity index is 618. The van der Waals surface area contributed by atoms with Gasteiger partial charge in [-0.3, -0.25) is 10.1 Å². The van der Waals surface area contributed by atoms with Gasteiger partial charge in [0.25, 0.3) is 0 Å². The fraction of sp³-hybridized carbons (Fsp3) is 0.438. The van der Waals surface area contributed by atoms with Crippen molar-refractivity contribution in [2.24, 2.45) is 5.92 Å². The number of carboxylic acids is 1. The van der Waals surface area contributed by atoms with Crippen LogP contribution in [0, 0.1) is 5.92 Å². The van der Waals surface area contributed by atoms with Gasteiger partial charge in [0.1, 0.15) is 11.8 Å². The Labute approximate surface area is 123 Å². The van der Waals surface area contributed by atoms with Crippen LogP contribution < -0.4 is 10.1 Å². The van der Waals surface area contributed by atoms with E-state index >= 15 is 0 Å². The standard InChI is InChI=1S/C16H21NO4/c1-10(2)7-13(16(18)19)17-9-12-8-11-5-4-6-14(20-3)15(11)21-12/h4-6,8,10,13,17H,7,9H2,1-3H3,(H,18,19). The molecule has 1 unspecified atom stereocenters. The monoisotopic (exact) mass is 291 g/mol. The number of nitrogens with one attached hydrogen (secondary N) is 1. The lowest BCUT2D eigenvalue weighted by Gasteiger charge is -2.15. The number of methoxy groups -OCH3 is 1. The molecule has 2 aromatic rings. The zero-order valence-electron chi connectivity index (χ0n) is 12.6. The smallest absolute Gasteiger partial charge is 0.320 e. The highest BCUT2D eigenvalue weighted by atomic mass is 16.5. The molecule has 1 aromatic carbocycles. The van der Waals surface area contributed by atoms with Crippen molar-refractivity contribution in [1.82, 2.24) is 5.32 Å². The van der Waals surface area contributed by atoms with Crippen molar-refractivity contribution < 1.29 is 19.1 Å². The lowest BCUT2D eigenvalue weighted by atomic mass is 10.0. The van der Waals surface area contributed by atoms with Gasteiger partial charge in [-0.2, -0.15) is 0 Å². The molecule has 1 atom stereocenters. The molecule has 0 radical (unpaired) electrons. The molecule has 0 aliphatic rings. The van der Waals surface area contributed by atoms with E-state index in [2.05, 4.69) is 5.32 Å². The van der Waals surface area contributed by atoms with E-state index < -0.39 is 12.0 Å². The van der Waals surface area contributed by atoms with Crippen LogP contribution in [0.1, 0.15) is 26.0 Å². The van der Waals surface area contributed by atoms with Crippen molar-refractivity contribution >= 4 is 16.9 Å². The molecule has 114 valence electrons. The highest BCUT2D eigenvalue weighted by Gasteiger charge is 2.19. The zero-order valence-corrected chi connectivity index (χ0v) is 12.6. The molecule has 21 heavy (non-hydrogen) atoms. The third kappa shape index (κ3) is 3.76. The second-order valence-electron chi connectivity index (χ2n) is 5.49. The number of furan rings is 1. The number of benzene rings is 1. The van der Waals surface area contributed by atoms with Gasteiger partial charge in [0.15, 0.2) is 11.3 Å². The summed E-state index contributed by atoms with van der Waals surface area (Å²) in [6.07, 6.45) is 0.582. The van der Waals surface area contributed by atoms with Crippen LogP contribution in [0.2, 0.25) is 0 Å². The molecule has 0 bridgehead atoms. The fourth-order valence-electron chi connectivity index (χ4n) is 2.30. The van der Waals surface area contributed by atoms with Crippen molar-refractivity contribution in [2.75, 3.05) is 7.11 Å². The van der Waals surface area contributed by atoms with Crippen LogP contribution in [0.25, 0.3) is 11.0 Å². The summed E-state index contributed by atoms with van der Waals surface area (Å²) < 4.78 is 11.0. The minimum Gasteiger partial charge on any atom is -0.493 e. The summed E-state index contributed by atoms with van der Waals surface area (Å²) in [5, 5.41) is 13.2. The van der Waals surface area contributed by atoms with Crippen LogP contribution in [0.4, 0.5) is 0 Å². The first kappa shape index (κ1) is 15.4. The first-order chi connectivity index (χ1) is 10.0. The van der Waals surface area contributed by atoms with Gasteiger partial charge in [0.05, 0.1) is 13.7 Å². The molecule has 2 N–H and O–H groups in total. The number of rotatable bonds is 7. The van der Waals surface area contributed by atoms with Gasteiger partial charge in [-0.15, -0.1) is 0 Å². The van der Waals surface area contributed by atoms with Crippen molar-refractivity contribution in [3.8, 4) is 5.75 Å². The quantitative estimate of drug-likeness (QED) is 0.820. The average molecular weight is 291 g/mol. The normalized spacial score (nSPS) is 12.8. The highest BCUT2D eigenvalue weighted by Crippen LogP contribution is 2.28. The third-order valence-electron chi connectivity index (χ3n) is 3.31. The Morgan fingerprint density at radius 3 is 2.81 bits per heavy atom. The number of carboxylic acid groups (broad SMARTS) is 1. The van der Waals surface area contributed by atoms with Crippen molar-refractivity contribution in [1.29, 1.82) is 0 Å². The van der Waals surface area contributed by atoms with E-state index in [1.54, 1.807) is 7.11 Å². The molecule has 0 fully saturated rings. The summed E-state index contributed by atoms with van der Waals surface area (Å²) in [7, 11) is 1.60. The fourth-order valence-corrected chi connectivity index (χ4v) is 2.30. The van der Waals surface area contributed by atoms with Gasteiger partial charge in [0.2, 0.25) is 0 Å². The molecule has 0 spiro atoms. The summed E-state index contributed by atoms with van der Waals surface area (Å²) in [6, 6.07) is 7.00. The second-order valence-corrected chi connectivity index (χ2v) is 5.49. The number of para-hydroxylation sites is 1. The maximum absolute atomic E-state index is 11.2. The van der Waals surface area contributed by atoms with Crippen molar-refractivity contribution in [2.45, 2.75) is 32.9 Å². The van der Waals surface area contributed by atoms with Gasteiger partial charge >= 0.3 is 5.97 Å². The van der Waals surface area contributed by atoms with E-state index in [-0.39, 0.29) is 0 Å². The van der Waals surface area contributed by atoms with Crippen LogP contribution in [0.5, 0.6) is 5.75 Å². The summed E-state index contributed by atoms with van der Waals surface area (Å²) >= 11 is 0. The molecule has 0 saturated heterocycles. The van der Waals surface area contributed by atoms with E-state index in [1.807, 2.05) is 38.1 Å². The minimum absolute atomic E-state index is 0.314. The van der Waals surface area contributed by atoms with E-state index in [4.69, 9.17) is 9.15 Å². The Hall–Kier alpha value is -2.01. The molecule has 5 nitrogen and oxygen atoms in total. The van der Waals surface area contributed by atoms with Gasteiger partial charge in [-0.05, 0) is 24.5 Å². The van der Waals surface area contributed by atoms with Gasteiger partial charge in [-0.1, -0.05) is 26.0 Å². The van der Waals surface area contributed by atoms with Crippen molar-refractivity contribution in [3.63, 3.8) is 0 Å². The Kier molecular flexibility index (Phi) is 4.85. The summed E-state index contributed by atoms with van der Waals surface area (Å²) in [5.74, 6) is 0.854. The molecular formula is C16H21NO4. The zero-order chi connectivity index (χ0) is 15.4. The van der Waals surface area contributed by atoms with E-state index in [9.17, 15) is 9.90 Å². The van der Waals surface area contributed by atoms with Gasteiger partial charge in [0, 0.05) is 5.39 Å². The Balaban J connectivity index is 2.10. The highest BCUT2D eigenvalue weighted by molar-refractivity contribution is 5.83. The topological polar surface area (TPSA) is 71.7 Å². The lowest BCUT2D eigenvalue weighted by Crippen LogP contribution is -2.37. The number of fused-ring (bicyclic) bond motifs is 1. The van der Waals surface area contributed by atoms with Gasteiger partial charge in [-0.25, -0.2) is 0 Å². The Morgan fingerprint density at radius 1 is 1.43 bits per heavy atom. The van der Waals surface area contributed by atoms with E-state index in [0.717, 1.165) is 5.39 Å². The van der Waals surface area contributed by atoms with Crippen molar-refractivity contribution in [3.05, 3.63) is 30.0 Å². The number of ether oxygens (including phenoxy) is 1. The minimum atomic E-state index is -0.836. The molecule has 0 amide bonds. The van der Waals surface area contributed by atoms with Crippen LogP contribution >= 0.6 is 0 Å².